The van der Waals surface area contributed by atoms with E-state index in [1.54, 1.807) is 13.0 Å². The number of ether oxygens (including phenoxy) is 6. The van der Waals surface area contributed by atoms with Gasteiger partial charge >= 0.3 is 17.9 Å². The van der Waals surface area contributed by atoms with E-state index in [2.05, 4.69) is 13.8 Å². The molecule has 0 aromatic heterocycles. The molecule has 0 unspecified atom stereocenters. The molecule has 2 N–H and O–H groups in total. The van der Waals surface area contributed by atoms with Crippen LogP contribution in [0.4, 0.5) is 0 Å². The molecule has 5 fully saturated rings. The molecule has 4 saturated carbocycles. The standard InChI is InChI=1S/C34H50O11/c1-18-27(43-19(2)35)28(40-6)29(44-20(3)36)30(42-18)45-22-7-11-31(4)24-8-12-32(5)23(21-15-26(37)41-17-21)10-14-34(32,39)25(24)9-13-33(31,38)16-22/h15,18,22-25,27-30,38-39H,7-14,16-17H2,1-6H3/t18-,22-,23-,24+,25-,27+,28+,29-,30+,31-,32-,33+,34-/m1/s1. The number of rotatable bonds is 6. The van der Waals surface area contributed by atoms with E-state index in [4.69, 9.17) is 28.4 Å². The third kappa shape index (κ3) is 5.16. The summed E-state index contributed by atoms with van der Waals surface area (Å²) < 4.78 is 34.7. The van der Waals surface area contributed by atoms with Gasteiger partial charge in [0.2, 0.25) is 0 Å². The predicted octanol–water partition coefficient (Wildman–Crippen LogP) is 3.37. The average Bonchev–Trinajstić information content (AvgIpc) is 3.51. The van der Waals surface area contributed by atoms with Crippen LogP contribution in [0.25, 0.3) is 0 Å². The third-order valence-electron chi connectivity index (χ3n) is 13.0. The van der Waals surface area contributed by atoms with E-state index in [1.165, 1.54) is 21.0 Å². The van der Waals surface area contributed by atoms with E-state index < -0.39 is 59.3 Å². The quantitative estimate of drug-likeness (QED) is 0.252. The largest absolute Gasteiger partial charge is 0.458 e. The first-order valence-corrected chi connectivity index (χ1v) is 16.7. The lowest BCUT2D eigenvalue weighted by Crippen LogP contribution is -2.68. The highest BCUT2D eigenvalue weighted by Crippen LogP contribution is 2.70. The van der Waals surface area contributed by atoms with Crippen molar-refractivity contribution in [1.29, 1.82) is 0 Å². The fourth-order valence-corrected chi connectivity index (χ4v) is 10.7. The van der Waals surface area contributed by atoms with Crippen molar-refractivity contribution in [2.45, 2.75) is 140 Å². The molecule has 0 aromatic rings. The molecule has 6 aliphatic rings. The second-order valence-corrected chi connectivity index (χ2v) is 15.1. The molecule has 2 aliphatic heterocycles. The fourth-order valence-electron chi connectivity index (χ4n) is 10.7. The smallest absolute Gasteiger partial charge is 0.331 e. The van der Waals surface area contributed by atoms with Crippen molar-refractivity contribution in [3.63, 3.8) is 0 Å². The van der Waals surface area contributed by atoms with Crippen LogP contribution in [0.1, 0.15) is 92.4 Å². The Hall–Kier alpha value is -2.05. The summed E-state index contributed by atoms with van der Waals surface area (Å²) in [6, 6.07) is 0. The van der Waals surface area contributed by atoms with Crippen molar-refractivity contribution >= 4 is 17.9 Å². The van der Waals surface area contributed by atoms with E-state index in [9.17, 15) is 24.6 Å². The Balaban J connectivity index is 1.19. The van der Waals surface area contributed by atoms with Gasteiger partial charge in [0.05, 0.1) is 23.4 Å². The predicted molar refractivity (Wildman–Crippen MR) is 158 cm³/mol. The van der Waals surface area contributed by atoms with Gasteiger partial charge in [-0.2, -0.15) is 0 Å². The zero-order chi connectivity index (χ0) is 32.5. The van der Waals surface area contributed by atoms with E-state index >= 15 is 0 Å². The Morgan fingerprint density at radius 1 is 0.889 bits per heavy atom. The Morgan fingerprint density at radius 3 is 2.20 bits per heavy atom. The Kier molecular flexibility index (Phi) is 8.46. The number of esters is 3. The summed E-state index contributed by atoms with van der Waals surface area (Å²) in [7, 11) is 1.47. The third-order valence-corrected chi connectivity index (χ3v) is 13.0. The van der Waals surface area contributed by atoms with Crippen LogP contribution < -0.4 is 0 Å². The average molecular weight is 635 g/mol. The number of methoxy groups -OCH3 is 1. The molecule has 13 atom stereocenters. The van der Waals surface area contributed by atoms with Crippen LogP contribution in [0.3, 0.4) is 0 Å². The highest BCUT2D eigenvalue weighted by molar-refractivity contribution is 5.85. The monoisotopic (exact) mass is 634 g/mol. The van der Waals surface area contributed by atoms with Crippen molar-refractivity contribution in [1.82, 2.24) is 0 Å². The molecule has 1 saturated heterocycles. The number of carbonyl (C=O) groups is 3. The summed E-state index contributed by atoms with van der Waals surface area (Å²) in [4.78, 5) is 35.8. The van der Waals surface area contributed by atoms with Gasteiger partial charge in [-0.25, -0.2) is 4.79 Å². The SMILES string of the molecule is CO[C@H]1[C@@H](OC(C)=O)[C@@H](C)O[C@@H](O[C@@H]2CC[C@]3(C)[C@H]4CC[C@]5(C)[C@@H](C6=CC(=O)OC6)CC[C@@]5(O)[C@@H]4CC[C@]3(O)C2)[C@@H]1OC(C)=O. The minimum atomic E-state index is -1.01. The van der Waals surface area contributed by atoms with E-state index in [-0.39, 0.29) is 35.2 Å². The van der Waals surface area contributed by atoms with Gasteiger partial charge in [-0.1, -0.05) is 13.8 Å². The lowest BCUT2D eigenvalue weighted by atomic mass is 9.42. The van der Waals surface area contributed by atoms with E-state index in [1.807, 2.05) is 0 Å². The number of cyclic esters (lactones) is 1. The fraction of sp³-hybridized carbons (Fsp3) is 0.853. The second-order valence-electron chi connectivity index (χ2n) is 15.1. The molecule has 2 heterocycles. The first kappa shape index (κ1) is 32.9. The molecule has 11 heteroatoms. The van der Waals surface area contributed by atoms with Crippen molar-refractivity contribution in [3.8, 4) is 0 Å². The maximum atomic E-state index is 12.5. The van der Waals surface area contributed by atoms with Crippen molar-refractivity contribution in [2.75, 3.05) is 13.7 Å². The highest BCUT2D eigenvalue weighted by atomic mass is 16.7. The summed E-state index contributed by atoms with van der Waals surface area (Å²) in [5, 5.41) is 24.9. The number of aliphatic hydroxyl groups is 2. The highest BCUT2D eigenvalue weighted by Gasteiger charge is 2.70. The van der Waals surface area contributed by atoms with Crippen molar-refractivity contribution in [3.05, 3.63) is 11.6 Å². The minimum Gasteiger partial charge on any atom is -0.458 e. The van der Waals surface area contributed by atoms with Crippen LogP contribution in [0.2, 0.25) is 0 Å². The number of hydrogen-bond donors (Lipinski definition) is 2. The Morgan fingerprint density at radius 2 is 1.56 bits per heavy atom. The van der Waals surface area contributed by atoms with Gasteiger partial charge in [0.15, 0.2) is 18.5 Å². The molecular weight excluding hydrogens is 584 g/mol. The zero-order valence-electron chi connectivity index (χ0n) is 27.4. The zero-order valence-corrected chi connectivity index (χ0v) is 27.4. The first-order chi connectivity index (χ1) is 21.2. The summed E-state index contributed by atoms with van der Waals surface area (Å²) >= 11 is 0. The van der Waals surface area contributed by atoms with Crippen LogP contribution in [0.5, 0.6) is 0 Å². The number of fused-ring (bicyclic) bond motifs is 5. The topological polar surface area (TPSA) is 147 Å². The summed E-state index contributed by atoms with van der Waals surface area (Å²) in [5.74, 6) is -1.01. The van der Waals surface area contributed by atoms with Crippen LogP contribution in [0.15, 0.2) is 11.6 Å². The normalized spacial score (nSPS) is 49.2. The Bertz CT molecular complexity index is 1230. The van der Waals surface area contributed by atoms with Gasteiger partial charge in [-0.3, -0.25) is 9.59 Å². The summed E-state index contributed by atoms with van der Waals surface area (Å²) in [6.07, 6.45) is 3.42. The van der Waals surface area contributed by atoms with Crippen LogP contribution in [-0.2, 0) is 42.8 Å². The van der Waals surface area contributed by atoms with Crippen LogP contribution >= 0.6 is 0 Å². The molecule has 11 nitrogen and oxygen atoms in total. The van der Waals surface area contributed by atoms with Crippen molar-refractivity contribution < 1.29 is 53.0 Å². The van der Waals surface area contributed by atoms with Gasteiger partial charge in [0.1, 0.15) is 12.7 Å². The molecule has 4 aliphatic carbocycles. The van der Waals surface area contributed by atoms with Gasteiger partial charge in [-0.05, 0) is 87.0 Å². The Labute approximate surface area is 265 Å². The molecule has 0 amide bonds. The number of hydrogen-bond acceptors (Lipinski definition) is 11. The molecule has 0 spiro atoms. The second kappa shape index (κ2) is 11.6. The molecular formula is C34H50O11. The summed E-state index contributed by atoms with van der Waals surface area (Å²) in [6.45, 7) is 9.06. The van der Waals surface area contributed by atoms with E-state index in [0.717, 1.165) is 24.8 Å². The molecule has 45 heavy (non-hydrogen) atoms. The maximum Gasteiger partial charge on any atom is 0.331 e. The molecule has 0 aromatic carbocycles. The molecule has 0 radical (unpaired) electrons. The van der Waals surface area contributed by atoms with Crippen molar-refractivity contribution in [2.24, 2.45) is 28.6 Å². The first-order valence-electron chi connectivity index (χ1n) is 16.7. The van der Waals surface area contributed by atoms with Gasteiger partial charge < -0.3 is 38.6 Å². The minimum absolute atomic E-state index is 0.0548. The van der Waals surface area contributed by atoms with Crippen LogP contribution in [0, 0.1) is 28.6 Å². The lowest BCUT2D eigenvalue weighted by Gasteiger charge is -2.66. The van der Waals surface area contributed by atoms with Gasteiger partial charge in [0, 0.05) is 38.9 Å². The van der Waals surface area contributed by atoms with Gasteiger partial charge in [0.25, 0.3) is 0 Å². The van der Waals surface area contributed by atoms with E-state index in [0.29, 0.717) is 45.1 Å². The van der Waals surface area contributed by atoms with Crippen LogP contribution in [-0.4, -0.2) is 89.8 Å². The molecule has 0 bridgehead atoms. The summed E-state index contributed by atoms with van der Waals surface area (Å²) in [5.41, 5.74) is -1.63. The van der Waals surface area contributed by atoms with Gasteiger partial charge in [-0.15, -0.1) is 0 Å². The molecule has 6 rings (SSSR count). The number of carbonyl (C=O) groups excluding carboxylic acids is 3. The maximum absolute atomic E-state index is 12.5. The lowest BCUT2D eigenvalue weighted by molar-refractivity contribution is -0.324. The molecule has 252 valence electrons.